The molecule has 0 bridgehead atoms. The Balaban J connectivity index is 2.41. The molecular weight excluding hydrogens is 286 g/mol. The summed E-state index contributed by atoms with van der Waals surface area (Å²) in [5, 5.41) is 3.94. The standard InChI is InChI=1S/C17H20ClNO2/c1-11-9-12(6-8-15(11)20-3)17(19-2)13-5-7-14(18)16(10-13)21-4/h5-10,17,19H,1-4H3. The molecule has 0 heterocycles. The zero-order valence-corrected chi connectivity index (χ0v) is 13.5. The third kappa shape index (κ3) is 3.31. The van der Waals surface area contributed by atoms with E-state index >= 15 is 0 Å². The molecule has 0 aliphatic rings. The largest absolute Gasteiger partial charge is 0.496 e. The predicted octanol–water partition coefficient (Wildman–Crippen LogP) is 3.97. The molecule has 0 saturated carbocycles. The lowest BCUT2D eigenvalue weighted by atomic mass is 9.97. The molecule has 0 aliphatic carbocycles. The molecule has 0 aromatic heterocycles. The van der Waals surface area contributed by atoms with E-state index in [-0.39, 0.29) is 6.04 Å². The van der Waals surface area contributed by atoms with E-state index in [4.69, 9.17) is 21.1 Å². The van der Waals surface area contributed by atoms with Gasteiger partial charge in [-0.25, -0.2) is 0 Å². The summed E-state index contributed by atoms with van der Waals surface area (Å²) in [6, 6.07) is 12.1. The lowest BCUT2D eigenvalue weighted by Gasteiger charge is -2.19. The molecule has 2 rings (SSSR count). The van der Waals surface area contributed by atoms with Gasteiger partial charge in [0.15, 0.2) is 0 Å². The van der Waals surface area contributed by atoms with E-state index in [1.54, 1.807) is 14.2 Å². The smallest absolute Gasteiger partial charge is 0.137 e. The average molecular weight is 306 g/mol. The van der Waals surface area contributed by atoms with Crippen molar-refractivity contribution in [2.45, 2.75) is 13.0 Å². The monoisotopic (exact) mass is 305 g/mol. The molecule has 0 aliphatic heterocycles. The fourth-order valence-electron chi connectivity index (χ4n) is 2.46. The van der Waals surface area contributed by atoms with Crippen molar-refractivity contribution in [2.75, 3.05) is 21.3 Å². The van der Waals surface area contributed by atoms with E-state index in [1.165, 1.54) is 5.56 Å². The van der Waals surface area contributed by atoms with E-state index in [9.17, 15) is 0 Å². The summed E-state index contributed by atoms with van der Waals surface area (Å²) in [6.45, 7) is 2.04. The van der Waals surface area contributed by atoms with Crippen molar-refractivity contribution in [3.8, 4) is 11.5 Å². The minimum Gasteiger partial charge on any atom is -0.496 e. The summed E-state index contributed by atoms with van der Waals surface area (Å²) in [6.07, 6.45) is 0. The van der Waals surface area contributed by atoms with Crippen molar-refractivity contribution in [3.05, 3.63) is 58.1 Å². The molecular formula is C17H20ClNO2. The van der Waals surface area contributed by atoms with Gasteiger partial charge in [0, 0.05) is 0 Å². The second-order valence-corrected chi connectivity index (χ2v) is 5.25. The van der Waals surface area contributed by atoms with Gasteiger partial charge in [-0.15, -0.1) is 0 Å². The third-order valence-electron chi connectivity index (χ3n) is 3.55. The Labute approximate surface area is 130 Å². The van der Waals surface area contributed by atoms with Crippen LogP contribution < -0.4 is 14.8 Å². The molecule has 112 valence electrons. The fourth-order valence-corrected chi connectivity index (χ4v) is 2.66. The van der Waals surface area contributed by atoms with Gasteiger partial charge in [-0.2, -0.15) is 0 Å². The van der Waals surface area contributed by atoms with Crippen LogP contribution in [-0.4, -0.2) is 21.3 Å². The highest BCUT2D eigenvalue weighted by Crippen LogP contribution is 2.31. The van der Waals surface area contributed by atoms with Gasteiger partial charge in [0.05, 0.1) is 25.3 Å². The molecule has 1 atom stereocenters. The van der Waals surface area contributed by atoms with Crippen molar-refractivity contribution in [3.63, 3.8) is 0 Å². The first-order valence-corrected chi connectivity index (χ1v) is 7.13. The zero-order valence-electron chi connectivity index (χ0n) is 12.7. The topological polar surface area (TPSA) is 30.5 Å². The van der Waals surface area contributed by atoms with Gasteiger partial charge in [0.2, 0.25) is 0 Å². The van der Waals surface area contributed by atoms with E-state index in [2.05, 4.69) is 17.4 Å². The molecule has 1 N–H and O–H groups in total. The van der Waals surface area contributed by atoms with Crippen LogP contribution in [0, 0.1) is 6.92 Å². The van der Waals surface area contributed by atoms with Crippen LogP contribution in [0.4, 0.5) is 0 Å². The highest BCUT2D eigenvalue weighted by Gasteiger charge is 2.15. The van der Waals surface area contributed by atoms with Crippen LogP contribution in [0.25, 0.3) is 0 Å². The maximum absolute atomic E-state index is 6.09. The molecule has 2 aromatic carbocycles. The lowest BCUT2D eigenvalue weighted by molar-refractivity contribution is 0.411. The number of nitrogens with one attached hydrogen (secondary N) is 1. The first kappa shape index (κ1) is 15.7. The first-order chi connectivity index (χ1) is 10.1. The van der Waals surface area contributed by atoms with Crippen LogP contribution in [0.2, 0.25) is 5.02 Å². The minimum atomic E-state index is 0.0702. The fraction of sp³-hybridized carbons (Fsp3) is 0.294. The summed E-state index contributed by atoms with van der Waals surface area (Å²) in [5.41, 5.74) is 3.37. The number of ether oxygens (including phenoxy) is 2. The summed E-state index contributed by atoms with van der Waals surface area (Å²) >= 11 is 6.09. The molecule has 0 fully saturated rings. The zero-order chi connectivity index (χ0) is 15.4. The highest BCUT2D eigenvalue weighted by molar-refractivity contribution is 6.32. The highest BCUT2D eigenvalue weighted by atomic mass is 35.5. The quantitative estimate of drug-likeness (QED) is 0.906. The van der Waals surface area contributed by atoms with E-state index in [1.807, 2.05) is 38.2 Å². The maximum atomic E-state index is 6.09. The molecule has 0 saturated heterocycles. The Morgan fingerprint density at radius 1 is 0.952 bits per heavy atom. The molecule has 2 aromatic rings. The Kier molecular flexibility index (Phi) is 5.10. The van der Waals surface area contributed by atoms with Crippen molar-refractivity contribution in [1.82, 2.24) is 5.32 Å². The van der Waals surface area contributed by atoms with Gasteiger partial charge >= 0.3 is 0 Å². The van der Waals surface area contributed by atoms with Gasteiger partial charge < -0.3 is 14.8 Å². The lowest BCUT2D eigenvalue weighted by Crippen LogP contribution is -2.17. The van der Waals surface area contributed by atoms with E-state index < -0.39 is 0 Å². The van der Waals surface area contributed by atoms with Crippen molar-refractivity contribution in [1.29, 1.82) is 0 Å². The molecule has 1 unspecified atom stereocenters. The molecule has 0 radical (unpaired) electrons. The number of benzene rings is 2. The van der Waals surface area contributed by atoms with Crippen LogP contribution >= 0.6 is 11.6 Å². The molecule has 3 nitrogen and oxygen atoms in total. The summed E-state index contributed by atoms with van der Waals surface area (Å²) in [4.78, 5) is 0. The summed E-state index contributed by atoms with van der Waals surface area (Å²) < 4.78 is 10.6. The number of aryl methyl sites for hydroxylation is 1. The number of hydrogen-bond donors (Lipinski definition) is 1. The Bertz CT molecular complexity index is 628. The van der Waals surface area contributed by atoms with Gasteiger partial charge in [-0.3, -0.25) is 0 Å². The second kappa shape index (κ2) is 6.83. The number of methoxy groups -OCH3 is 2. The normalized spacial score (nSPS) is 12.0. The van der Waals surface area contributed by atoms with Crippen LogP contribution in [0.1, 0.15) is 22.7 Å². The van der Waals surface area contributed by atoms with E-state index in [0.717, 1.165) is 16.9 Å². The Hall–Kier alpha value is -1.71. The molecule has 0 amide bonds. The second-order valence-electron chi connectivity index (χ2n) is 4.84. The van der Waals surface area contributed by atoms with E-state index in [0.29, 0.717) is 10.8 Å². The minimum absolute atomic E-state index is 0.0702. The van der Waals surface area contributed by atoms with Gasteiger partial charge in [-0.05, 0) is 48.9 Å². The van der Waals surface area contributed by atoms with Crippen LogP contribution in [-0.2, 0) is 0 Å². The van der Waals surface area contributed by atoms with Crippen molar-refractivity contribution >= 4 is 11.6 Å². The van der Waals surface area contributed by atoms with Gasteiger partial charge in [0.1, 0.15) is 11.5 Å². The van der Waals surface area contributed by atoms with Crippen molar-refractivity contribution < 1.29 is 9.47 Å². The Morgan fingerprint density at radius 3 is 2.14 bits per heavy atom. The van der Waals surface area contributed by atoms with Crippen molar-refractivity contribution in [2.24, 2.45) is 0 Å². The molecule has 4 heteroatoms. The van der Waals surface area contributed by atoms with Gasteiger partial charge in [-0.1, -0.05) is 29.8 Å². The number of halogens is 1. The number of hydrogen-bond acceptors (Lipinski definition) is 3. The van der Waals surface area contributed by atoms with Crippen LogP contribution in [0.5, 0.6) is 11.5 Å². The third-order valence-corrected chi connectivity index (χ3v) is 3.86. The van der Waals surface area contributed by atoms with Gasteiger partial charge in [0.25, 0.3) is 0 Å². The SMILES string of the molecule is CNC(c1ccc(OC)c(C)c1)c1ccc(Cl)c(OC)c1. The Morgan fingerprint density at radius 2 is 1.57 bits per heavy atom. The molecule has 21 heavy (non-hydrogen) atoms. The predicted molar refractivity (Wildman–Crippen MR) is 86.6 cm³/mol. The van der Waals surface area contributed by atoms with Crippen LogP contribution in [0.15, 0.2) is 36.4 Å². The number of rotatable bonds is 5. The summed E-state index contributed by atoms with van der Waals surface area (Å²) in [5.74, 6) is 1.57. The van der Waals surface area contributed by atoms with Crippen LogP contribution in [0.3, 0.4) is 0 Å². The maximum Gasteiger partial charge on any atom is 0.137 e. The summed E-state index contributed by atoms with van der Waals surface area (Å²) in [7, 11) is 5.24. The average Bonchev–Trinajstić information content (AvgIpc) is 2.49. The first-order valence-electron chi connectivity index (χ1n) is 6.76. The molecule has 0 spiro atoms.